The van der Waals surface area contributed by atoms with Gasteiger partial charge in [0.2, 0.25) is 5.91 Å². The lowest BCUT2D eigenvalue weighted by Gasteiger charge is -2.31. The van der Waals surface area contributed by atoms with Gasteiger partial charge in [-0.1, -0.05) is 92.5 Å². The van der Waals surface area contributed by atoms with Crippen molar-refractivity contribution in [3.63, 3.8) is 0 Å². The first-order chi connectivity index (χ1) is 17.8. The van der Waals surface area contributed by atoms with Crippen LogP contribution in [0, 0.1) is 5.92 Å². The van der Waals surface area contributed by atoms with Gasteiger partial charge in [0.05, 0.1) is 10.0 Å². The Morgan fingerprint density at radius 1 is 0.892 bits per heavy atom. The zero-order valence-corrected chi connectivity index (χ0v) is 23.1. The Kier molecular flexibility index (Phi) is 10.8. The Morgan fingerprint density at radius 3 is 2.19 bits per heavy atom. The van der Waals surface area contributed by atoms with Crippen molar-refractivity contribution in [3.8, 4) is 5.75 Å². The standard InChI is InChI=1S/C30H34Cl2N2O3/c1-4-22-10-13-25(14-11-22)37-20-29(35)34(19-24-12-15-26(31)27(32)16-24)28(30(36)33-18-21(2)3)17-23-8-6-5-7-9-23/h5-16,21,28H,4,17-20H2,1-3H3,(H,33,36)/t28-/m1/s1. The first-order valence-corrected chi connectivity index (χ1v) is 13.3. The molecule has 1 atom stereocenters. The lowest BCUT2D eigenvalue weighted by atomic mass is 10.0. The van der Waals surface area contributed by atoms with Gasteiger partial charge in [-0.2, -0.15) is 0 Å². The zero-order chi connectivity index (χ0) is 26.8. The maximum absolute atomic E-state index is 13.6. The zero-order valence-electron chi connectivity index (χ0n) is 21.5. The van der Waals surface area contributed by atoms with Crippen molar-refractivity contribution in [2.75, 3.05) is 13.2 Å². The molecule has 0 aliphatic heterocycles. The highest BCUT2D eigenvalue weighted by Gasteiger charge is 2.31. The summed E-state index contributed by atoms with van der Waals surface area (Å²) in [5.74, 6) is 0.364. The highest BCUT2D eigenvalue weighted by Crippen LogP contribution is 2.24. The molecule has 0 fully saturated rings. The normalized spacial score (nSPS) is 11.7. The number of carbonyl (C=O) groups is 2. The van der Waals surface area contributed by atoms with Gasteiger partial charge in [-0.25, -0.2) is 0 Å². The van der Waals surface area contributed by atoms with Crippen LogP contribution in [0.4, 0.5) is 0 Å². The molecule has 2 amide bonds. The maximum atomic E-state index is 13.6. The molecule has 7 heteroatoms. The van der Waals surface area contributed by atoms with Gasteiger partial charge in [0, 0.05) is 19.5 Å². The highest BCUT2D eigenvalue weighted by atomic mass is 35.5. The molecule has 0 aromatic heterocycles. The summed E-state index contributed by atoms with van der Waals surface area (Å²) in [5, 5.41) is 3.83. The topological polar surface area (TPSA) is 58.6 Å². The Hall–Kier alpha value is -3.02. The smallest absolute Gasteiger partial charge is 0.261 e. The summed E-state index contributed by atoms with van der Waals surface area (Å²) in [6, 6.07) is 21.8. The van der Waals surface area contributed by atoms with Crippen LogP contribution in [0.1, 0.15) is 37.5 Å². The van der Waals surface area contributed by atoms with Crippen LogP contribution in [-0.2, 0) is 29.0 Å². The number of aryl methyl sites for hydroxylation is 1. The van der Waals surface area contributed by atoms with Gasteiger partial charge in [-0.05, 0) is 53.3 Å². The van der Waals surface area contributed by atoms with E-state index in [1.54, 1.807) is 17.0 Å². The number of nitrogens with zero attached hydrogens (tertiary/aromatic N) is 1. The van der Waals surface area contributed by atoms with Crippen LogP contribution in [0.3, 0.4) is 0 Å². The number of carbonyl (C=O) groups excluding carboxylic acids is 2. The third kappa shape index (κ3) is 8.80. The van der Waals surface area contributed by atoms with Crippen LogP contribution in [0.2, 0.25) is 10.0 Å². The van der Waals surface area contributed by atoms with Crippen molar-refractivity contribution >= 4 is 35.0 Å². The Morgan fingerprint density at radius 2 is 1.57 bits per heavy atom. The fourth-order valence-electron chi connectivity index (χ4n) is 3.86. The van der Waals surface area contributed by atoms with Crippen LogP contribution in [0.15, 0.2) is 72.8 Å². The van der Waals surface area contributed by atoms with E-state index in [0.717, 1.165) is 17.5 Å². The summed E-state index contributed by atoms with van der Waals surface area (Å²) in [6.07, 6.45) is 1.28. The quantitative estimate of drug-likeness (QED) is 0.291. The number of ether oxygens (including phenoxy) is 1. The fraction of sp³-hybridized carbons (Fsp3) is 0.333. The maximum Gasteiger partial charge on any atom is 0.261 e. The Labute approximate surface area is 229 Å². The third-order valence-electron chi connectivity index (χ3n) is 5.99. The first-order valence-electron chi connectivity index (χ1n) is 12.5. The first kappa shape index (κ1) is 28.5. The van der Waals surface area contributed by atoms with Gasteiger partial charge >= 0.3 is 0 Å². The van der Waals surface area contributed by atoms with E-state index in [2.05, 4.69) is 12.2 Å². The number of benzene rings is 3. The van der Waals surface area contributed by atoms with Gasteiger partial charge in [-0.15, -0.1) is 0 Å². The molecule has 0 aliphatic rings. The molecular formula is C30H34Cl2N2O3. The Bertz CT molecular complexity index is 1170. The summed E-state index contributed by atoms with van der Waals surface area (Å²) < 4.78 is 5.84. The summed E-state index contributed by atoms with van der Waals surface area (Å²) in [6.45, 7) is 6.64. The molecule has 3 rings (SSSR count). The summed E-state index contributed by atoms with van der Waals surface area (Å²) in [7, 11) is 0. The highest BCUT2D eigenvalue weighted by molar-refractivity contribution is 6.42. The van der Waals surface area contributed by atoms with Gasteiger partial charge in [0.25, 0.3) is 5.91 Å². The van der Waals surface area contributed by atoms with Crippen LogP contribution in [0.25, 0.3) is 0 Å². The van der Waals surface area contributed by atoms with E-state index in [0.29, 0.717) is 28.8 Å². The number of hydrogen-bond acceptors (Lipinski definition) is 3. The minimum atomic E-state index is -0.742. The molecule has 3 aromatic carbocycles. The number of hydrogen-bond donors (Lipinski definition) is 1. The van der Waals surface area contributed by atoms with Crippen LogP contribution < -0.4 is 10.1 Å². The molecule has 0 bridgehead atoms. The van der Waals surface area contributed by atoms with Gasteiger partial charge in [0.1, 0.15) is 11.8 Å². The predicted molar refractivity (Wildman–Crippen MR) is 150 cm³/mol. The fourth-order valence-corrected chi connectivity index (χ4v) is 4.18. The van der Waals surface area contributed by atoms with Gasteiger partial charge in [-0.3, -0.25) is 9.59 Å². The van der Waals surface area contributed by atoms with E-state index >= 15 is 0 Å². The van der Waals surface area contributed by atoms with E-state index < -0.39 is 6.04 Å². The molecule has 37 heavy (non-hydrogen) atoms. The molecule has 5 nitrogen and oxygen atoms in total. The molecule has 1 N–H and O–H groups in total. The monoisotopic (exact) mass is 540 g/mol. The van der Waals surface area contributed by atoms with Gasteiger partial charge in [0.15, 0.2) is 6.61 Å². The van der Waals surface area contributed by atoms with Crippen LogP contribution >= 0.6 is 23.2 Å². The number of nitrogens with one attached hydrogen (secondary N) is 1. The van der Waals surface area contributed by atoms with E-state index in [4.69, 9.17) is 27.9 Å². The largest absolute Gasteiger partial charge is 0.484 e. The molecule has 0 heterocycles. The van der Waals surface area contributed by atoms with Crippen molar-refractivity contribution < 1.29 is 14.3 Å². The molecule has 0 spiro atoms. The van der Waals surface area contributed by atoms with Crippen molar-refractivity contribution in [2.24, 2.45) is 5.92 Å². The Balaban J connectivity index is 1.90. The summed E-state index contributed by atoms with van der Waals surface area (Å²) in [4.78, 5) is 28.7. The van der Waals surface area contributed by atoms with E-state index in [9.17, 15) is 9.59 Å². The number of amides is 2. The lowest BCUT2D eigenvalue weighted by Crippen LogP contribution is -2.52. The molecule has 3 aromatic rings. The number of rotatable bonds is 12. The number of halogens is 2. The third-order valence-corrected chi connectivity index (χ3v) is 6.73. The molecule has 0 saturated heterocycles. The average molecular weight is 542 g/mol. The molecule has 0 radical (unpaired) electrons. The SMILES string of the molecule is CCc1ccc(OCC(=O)N(Cc2ccc(Cl)c(Cl)c2)[C@H](Cc2ccccc2)C(=O)NCC(C)C)cc1. The second-order valence-electron chi connectivity index (χ2n) is 9.40. The van der Waals surface area contributed by atoms with E-state index in [1.807, 2.05) is 74.5 Å². The second kappa shape index (κ2) is 14.1. The van der Waals surface area contributed by atoms with Crippen LogP contribution in [0.5, 0.6) is 5.75 Å². The second-order valence-corrected chi connectivity index (χ2v) is 10.2. The average Bonchev–Trinajstić information content (AvgIpc) is 2.90. The van der Waals surface area contributed by atoms with Crippen molar-refractivity contribution in [1.82, 2.24) is 10.2 Å². The molecule has 0 aliphatic carbocycles. The summed E-state index contributed by atoms with van der Waals surface area (Å²) in [5.41, 5.74) is 2.91. The van der Waals surface area contributed by atoms with Crippen molar-refractivity contribution in [2.45, 2.75) is 46.2 Å². The molecule has 0 saturated carbocycles. The lowest BCUT2D eigenvalue weighted by molar-refractivity contribution is -0.142. The van der Waals surface area contributed by atoms with Crippen molar-refractivity contribution in [1.29, 1.82) is 0 Å². The molecular weight excluding hydrogens is 507 g/mol. The predicted octanol–water partition coefficient (Wildman–Crippen LogP) is 6.35. The summed E-state index contributed by atoms with van der Waals surface area (Å²) >= 11 is 12.4. The van der Waals surface area contributed by atoms with E-state index in [-0.39, 0.29) is 30.9 Å². The van der Waals surface area contributed by atoms with E-state index in [1.165, 1.54) is 5.56 Å². The van der Waals surface area contributed by atoms with Gasteiger partial charge < -0.3 is 15.0 Å². The molecule has 196 valence electrons. The van der Waals surface area contributed by atoms with Crippen molar-refractivity contribution in [3.05, 3.63) is 99.5 Å². The van der Waals surface area contributed by atoms with Crippen LogP contribution in [-0.4, -0.2) is 35.9 Å². The minimum absolute atomic E-state index is 0.181. The minimum Gasteiger partial charge on any atom is -0.484 e. The molecule has 0 unspecified atom stereocenters.